The van der Waals surface area contributed by atoms with Gasteiger partial charge in [0.05, 0.1) is 22.8 Å². The third-order valence-corrected chi connectivity index (χ3v) is 3.86. The zero-order chi connectivity index (χ0) is 15.2. The topological polar surface area (TPSA) is 51.0 Å². The van der Waals surface area contributed by atoms with E-state index in [0.29, 0.717) is 36.1 Å². The van der Waals surface area contributed by atoms with E-state index in [9.17, 15) is 4.79 Å². The number of hydrogen-bond acceptors (Lipinski definition) is 3. The first-order valence-corrected chi connectivity index (χ1v) is 7.41. The van der Waals surface area contributed by atoms with Gasteiger partial charge in [-0.05, 0) is 24.6 Å². The number of amides is 1. The SMILES string of the molecule is CCN(Cc1ccc(Cl)c(Cl)c1)C(=O)CCn1ccnn1. The quantitative estimate of drug-likeness (QED) is 0.819. The molecular formula is C14H16Cl2N4O. The van der Waals surface area contributed by atoms with E-state index in [1.54, 1.807) is 34.1 Å². The number of carbonyl (C=O) groups excluding carboxylic acids is 1. The van der Waals surface area contributed by atoms with Crippen molar-refractivity contribution in [3.63, 3.8) is 0 Å². The highest BCUT2D eigenvalue weighted by molar-refractivity contribution is 6.42. The summed E-state index contributed by atoms with van der Waals surface area (Å²) in [5.74, 6) is 0.0686. The Morgan fingerprint density at radius 2 is 2.14 bits per heavy atom. The zero-order valence-corrected chi connectivity index (χ0v) is 13.2. The number of nitrogens with zero attached hydrogens (tertiary/aromatic N) is 4. The Morgan fingerprint density at radius 1 is 1.33 bits per heavy atom. The van der Waals surface area contributed by atoms with Gasteiger partial charge in [0.2, 0.25) is 5.91 Å². The summed E-state index contributed by atoms with van der Waals surface area (Å²) in [5, 5.41) is 8.57. The lowest BCUT2D eigenvalue weighted by Crippen LogP contribution is -2.31. The Bertz CT molecular complexity index is 601. The summed E-state index contributed by atoms with van der Waals surface area (Å²) in [6.07, 6.45) is 3.72. The van der Waals surface area contributed by atoms with Crippen molar-refractivity contribution in [2.24, 2.45) is 0 Å². The van der Waals surface area contributed by atoms with Crippen LogP contribution in [0.1, 0.15) is 18.9 Å². The van der Waals surface area contributed by atoms with Gasteiger partial charge in [-0.3, -0.25) is 9.48 Å². The van der Waals surface area contributed by atoms with E-state index in [-0.39, 0.29) is 5.91 Å². The van der Waals surface area contributed by atoms with Gasteiger partial charge in [-0.1, -0.05) is 34.5 Å². The second-order valence-electron chi connectivity index (χ2n) is 4.57. The molecule has 1 aromatic carbocycles. The number of aryl methyl sites for hydroxylation is 1. The van der Waals surface area contributed by atoms with Crippen molar-refractivity contribution in [3.05, 3.63) is 46.2 Å². The highest BCUT2D eigenvalue weighted by atomic mass is 35.5. The fourth-order valence-electron chi connectivity index (χ4n) is 1.95. The van der Waals surface area contributed by atoms with Crippen LogP contribution in [0.4, 0.5) is 0 Å². The van der Waals surface area contributed by atoms with Gasteiger partial charge in [-0.25, -0.2) is 0 Å². The van der Waals surface area contributed by atoms with Gasteiger partial charge >= 0.3 is 0 Å². The Labute approximate surface area is 133 Å². The predicted molar refractivity (Wildman–Crippen MR) is 82.2 cm³/mol. The number of halogens is 2. The molecule has 7 heteroatoms. The molecule has 0 radical (unpaired) electrons. The Hall–Kier alpha value is -1.59. The third kappa shape index (κ3) is 4.44. The van der Waals surface area contributed by atoms with Crippen molar-refractivity contribution < 1.29 is 4.79 Å². The van der Waals surface area contributed by atoms with Gasteiger partial charge in [-0.2, -0.15) is 0 Å². The van der Waals surface area contributed by atoms with Crippen LogP contribution < -0.4 is 0 Å². The van der Waals surface area contributed by atoms with Crippen LogP contribution >= 0.6 is 23.2 Å². The van der Waals surface area contributed by atoms with Crippen LogP contribution in [0.5, 0.6) is 0 Å². The summed E-state index contributed by atoms with van der Waals surface area (Å²) in [6, 6.07) is 5.41. The van der Waals surface area contributed by atoms with Gasteiger partial charge in [0.25, 0.3) is 0 Å². The van der Waals surface area contributed by atoms with Crippen LogP contribution in [-0.4, -0.2) is 32.3 Å². The molecule has 21 heavy (non-hydrogen) atoms. The first kappa shape index (κ1) is 15.8. The summed E-state index contributed by atoms with van der Waals surface area (Å²) in [4.78, 5) is 14.0. The van der Waals surface area contributed by atoms with Gasteiger partial charge in [-0.15, -0.1) is 5.10 Å². The number of carbonyl (C=O) groups is 1. The maximum absolute atomic E-state index is 12.2. The first-order valence-electron chi connectivity index (χ1n) is 6.66. The van der Waals surface area contributed by atoms with E-state index in [4.69, 9.17) is 23.2 Å². The second-order valence-corrected chi connectivity index (χ2v) is 5.39. The largest absolute Gasteiger partial charge is 0.339 e. The van der Waals surface area contributed by atoms with Crippen molar-refractivity contribution >= 4 is 29.1 Å². The van der Waals surface area contributed by atoms with E-state index in [0.717, 1.165) is 5.56 Å². The average molecular weight is 327 g/mol. The lowest BCUT2D eigenvalue weighted by molar-refractivity contribution is -0.131. The summed E-state index contributed by atoms with van der Waals surface area (Å²) in [5.41, 5.74) is 0.959. The Kier molecular flexibility index (Phi) is 5.59. The van der Waals surface area contributed by atoms with Crippen LogP contribution in [0.2, 0.25) is 10.0 Å². The molecule has 0 bridgehead atoms. The minimum atomic E-state index is 0.0686. The molecule has 0 fully saturated rings. The lowest BCUT2D eigenvalue weighted by atomic mass is 10.2. The number of hydrogen-bond donors (Lipinski definition) is 0. The van der Waals surface area contributed by atoms with Gasteiger partial charge < -0.3 is 4.90 Å². The Balaban J connectivity index is 1.95. The summed E-state index contributed by atoms with van der Waals surface area (Å²) >= 11 is 11.9. The molecule has 2 rings (SSSR count). The van der Waals surface area contributed by atoms with Crippen molar-refractivity contribution in [1.82, 2.24) is 19.9 Å². The van der Waals surface area contributed by atoms with Crippen LogP contribution in [0, 0.1) is 0 Å². The fourth-order valence-corrected chi connectivity index (χ4v) is 2.28. The molecule has 0 saturated heterocycles. The Morgan fingerprint density at radius 3 is 2.76 bits per heavy atom. The average Bonchev–Trinajstić information content (AvgIpc) is 2.99. The molecule has 0 saturated carbocycles. The molecule has 2 aromatic rings. The van der Waals surface area contributed by atoms with E-state index < -0.39 is 0 Å². The van der Waals surface area contributed by atoms with Crippen LogP contribution in [-0.2, 0) is 17.9 Å². The molecule has 1 amide bonds. The van der Waals surface area contributed by atoms with Crippen LogP contribution in [0.15, 0.2) is 30.6 Å². The fraction of sp³-hybridized carbons (Fsp3) is 0.357. The van der Waals surface area contributed by atoms with Crippen molar-refractivity contribution in [3.8, 4) is 0 Å². The first-order chi connectivity index (χ1) is 10.1. The summed E-state index contributed by atoms with van der Waals surface area (Å²) < 4.78 is 1.64. The maximum atomic E-state index is 12.2. The van der Waals surface area contributed by atoms with Gasteiger partial charge in [0.1, 0.15) is 0 Å². The molecule has 0 N–H and O–H groups in total. The van der Waals surface area contributed by atoms with E-state index in [1.807, 2.05) is 13.0 Å². The highest BCUT2D eigenvalue weighted by Crippen LogP contribution is 2.23. The van der Waals surface area contributed by atoms with E-state index in [2.05, 4.69) is 10.3 Å². The van der Waals surface area contributed by atoms with Crippen LogP contribution in [0.25, 0.3) is 0 Å². The summed E-state index contributed by atoms with van der Waals surface area (Å²) in [6.45, 7) is 3.63. The second kappa shape index (κ2) is 7.43. The monoisotopic (exact) mass is 326 g/mol. The zero-order valence-electron chi connectivity index (χ0n) is 11.7. The minimum Gasteiger partial charge on any atom is -0.339 e. The molecule has 1 aromatic heterocycles. The predicted octanol–water partition coefficient (Wildman–Crippen LogP) is 3.02. The molecule has 0 spiro atoms. The molecular weight excluding hydrogens is 311 g/mol. The molecule has 0 atom stereocenters. The summed E-state index contributed by atoms with van der Waals surface area (Å²) in [7, 11) is 0. The van der Waals surface area contributed by atoms with E-state index in [1.165, 1.54) is 0 Å². The standard InChI is InChI=1S/C14H16Cl2N4O/c1-2-19(10-11-3-4-12(15)13(16)9-11)14(21)5-7-20-8-6-17-18-20/h3-4,6,8-9H,2,5,7,10H2,1H3. The molecule has 1 heterocycles. The maximum Gasteiger partial charge on any atom is 0.224 e. The smallest absolute Gasteiger partial charge is 0.224 e. The highest BCUT2D eigenvalue weighted by Gasteiger charge is 2.13. The van der Waals surface area contributed by atoms with Crippen LogP contribution in [0.3, 0.4) is 0 Å². The molecule has 112 valence electrons. The van der Waals surface area contributed by atoms with Crippen molar-refractivity contribution in [2.45, 2.75) is 26.4 Å². The molecule has 0 aliphatic rings. The number of rotatable bonds is 6. The third-order valence-electron chi connectivity index (χ3n) is 3.12. The van der Waals surface area contributed by atoms with Gasteiger partial charge in [0.15, 0.2) is 0 Å². The normalized spacial score (nSPS) is 10.6. The number of aromatic nitrogens is 3. The molecule has 5 nitrogen and oxygen atoms in total. The molecule has 0 aliphatic carbocycles. The van der Waals surface area contributed by atoms with Gasteiger partial charge in [0, 0.05) is 25.7 Å². The van der Waals surface area contributed by atoms with E-state index >= 15 is 0 Å². The lowest BCUT2D eigenvalue weighted by Gasteiger charge is -2.21. The molecule has 0 unspecified atom stereocenters. The number of benzene rings is 1. The molecule has 0 aliphatic heterocycles. The van der Waals surface area contributed by atoms with Crippen molar-refractivity contribution in [2.75, 3.05) is 6.54 Å². The minimum absolute atomic E-state index is 0.0686. The van der Waals surface area contributed by atoms with Crippen molar-refractivity contribution in [1.29, 1.82) is 0 Å².